The average Bonchev–Trinajstić information content (AvgIpc) is 2.10. The molecular weight excluding hydrogens is 168 g/mol. The first-order chi connectivity index (χ1) is 3.52. The number of hydrogen-bond donors (Lipinski definition) is 0. The fourth-order valence-electron chi connectivity index (χ4n) is 0.800. The molecule has 0 saturated heterocycles. The molecule has 0 amide bonds. The Balaban J connectivity index is 2.68. The summed E-state index contributed by atoms with van der Waals surface area (Å²) in [7, 11) is 0. The lowest BCUT2D eigenvalue weighted by Gasteiger charge is -2.01. The van der Waals surface area contributed by atoms with Gasteiger partial charge in [-0.15, -0.1) is 0 Å². The molecule has 1 rings (SSSR count). The molecule has 0 aromatic carbocycles. The van der Waals surface area contributed by atoms with Gasteiger partial charge in [0.15, 0.2) is 0 Å². The Morgan fingerprint density at radius 3 is 2.00 bits per heavy atom. The zero-order valence-electron chi connectivity index (χ0n) is 5.07. The average molecular weight is 177 g/mol. The number of carbonyl (C=O) groups is 1. The Morgan fingerprint density at radius 2 is 2.00 bits per heavy atom. The molecule has 0 heterocycles. The van der Waals surface area contributed by atoms with Gasteiger partial charge in [0.25, 0.3) is 0 Å². The second-order valence-electron chi connectivity index (χ2n) is 3.04. The number of hydrogen-bond acceptors (Lipinski definition) is 1. The smallest absolute Gasteiger partial charge is 0.137 e. The maximum Gasteiger partial charge on any atom is 0.137 e. The molecule has 0 N–H and O–H groups in total. The molecule has 1 fully saturated rings. The lowest BCUT2D eigenvalue weighted by atomic mass is 10.1. The van der Waals surface area contributed by atoms with Crippen molar-refractivity contribution in [1.29, 1.82) is 0 Å². The van der Waals surface area contributed by atoms with Gasteiger partial charge >= 0.3 is 0 Å². The number of carbonyl (C=O) groups excluding carboxylic acids is 1. The van der Waals surface area contributed by atoms with Crippen molar-refractivity contribution in [3.05, 3.63) is 0 Å². The van der Waals surface area contributed by atoms with E-state index in [1.807, 2.05) is 0 Å². The van der Waals surface area contributed by atoms with E-state index < -0.39 is 0 Å². The van der Waals surface area contributed by atoms with Gasteiger partial charge in [-0.2, -0.15) is 0 Å². The fraction of sp³-hybridized carbons (Fsp3) is 0.833. The molecule has 0 bridgehead atoms. The third kappa shape index (κ3) is 0.625. The van der Waals surface area contributed by atoms with Crippen molar-refractivity contribution >= 4 is 22.2 Å². The zero-order valence-corrected chi connectivity index (χ0v) is 6.66. The Bertz CT molecular complexity index is 130. The fourth-order valence-corrected chi connectivity index (χ4v) is 1.50. The van der Waals surface area contributed by atoms with Crippen molar-refractivity contribution in [2.24, 2.45) is 5.41 Å². The maximum atomic E-state index is 10.3. The minimum Gasteiger partial charge on any atom is -0.302 e. The van der Waals surface area contributed by atoms with Gasteiger partial charge in [0.05, 0.1) is 4.32 Å². The minimum absolute atomic E-state index is 0.181. The molecule has 0 aromatic heterocycles. The SMILES string of the molecule is CC1(C)CC1(Br)C=O. The van der Waals surface area contributed by atoms with Crippen molar-refractivity contribution < 1.29 is 4.79 Å². The van der Waals surface area contributed by atoms with Crippen molar-refractivity contribution in [3.63, 3.8) is 0 Å². The second kappa shape index (κ2) is 1.35. The van der Waals surface area contributed by atoms with Crippen LogP contribution in [0.4, 0.5) is 0 Å². The molecule has 1 aliphatic rings. The van der Waals surface area contributed by atoms with Gasteiger partial charge in [-0.3, -0.25) is 0 Å². The minimum atomic E-state index is -0.181. The Morgan fingerprint density at radius 1 is 1.62 bits per heavy atom. The topological polar surface area (TPSA) is 17.1 Å². The molecule has 8 heavy (non-hydrogen) atoms. The van der Waals surface area contributed by atoms with E-state index in [1.54, 1.807) is 0 Å². The predicted octanol–water partition coefficient (Wildman–Crippen LogP) is 1.75. The molecule has 1 unspecified atom stereocenters. The summed E-state index contributed by atoms with van der Waals surface area (Å²) in [6.07, 6.45) is 1.97. The lowest BCUT2D eigenvalue weighted by Crippen LogP contribution is -2.07. The van der Waals surface area contributed by atoms with Crippen molar-refractivity contribution in [1.82, 2.24) is 0 Å². The first-order valence-electron chi connectivity index (χ1n) is 2.67. The Labute approximate surface area is 57.6 Å². The summed E-state index contributed by atoms with van der Waals surface area (Å²) in [4.78, 5) is 10.3. The third-order valence-electron chi connectivity index (χ3n) is 1.89. The van der Waals surface area contributed by atoms with Gasteiger partial charge in [-0.25, -0.2) is 0 Å². The van der Waals surface area contributed by atoms with E-state index in [9.17, 15) is 4.79 Å². The van der Waals surface area contributed by atoms with Crippen LogP contribution >= 0.6 is 15.9 Å². The van der Waals surface area contributed by atoms with Gasteiger partial charge in [-0.05, 0) is 11.8 Å². The van der Waals surface area contributed by atoms with Crippen LogP contribution in [0.25, 0.3) is 0 Å². The number of halogens is 1. The van der Waals surface area contributed by atoms with Crippen LogP contribution in [0.1, 0.15) is 20.3 Å². The molecule has 2 heteroatoms. The zero-order chi connectivity index (χ0) is 6.41. The maximum absolute atomic E-state index is 10.3. The van der Waals surface area contributed by atoms with E-state index >= 15 is 0 Å². The van der Waals surface area contributed by atoms with E-state index in [0.29, 0.717) is 0 Å². The third-order valence-corrected chi connectivity index (χ3v) is 3.43. The highest BCUT2D eigenvalue weighted by molar-refractivity contribution is 9.10. The number of rotatable bonds is 1. The summed E-state index contributed by atoms with van der Waals surface area (Å²) in [6, 6.07) is 0. The van der Waals surface area contributed by atoms with Crippen molar-refractivity contribution in [3.8, 4) is 0 Å². The van der Waals surface area contributed by atoms with Gasteiger partial charge in [-0.1, -0.05) is 29.8 Å². The summed E-state index contributed by atoms with van der Waals surface area (Å²) < 4.78 is -0.181. The van der Waals surface area contributed by atoms with Crippen LogP contribution in [0, 0.1) is 5.41 Å². The van der Waals surface area contributed by atoms with E-state index in [1.165, 1.54) is 0 Å². The first kappa shape index (κ1) is 6.27. The molecule has 1 saturated carbocycles. The van der Waals surface area contributed by atoms with Gasteiger partial charge in [0, 0.05) is 0 Å². The van der Waals surface area contributed by atoms with Crippen LogP contribution in [0.3, 0.4) is 0 Å². The molecule has 1 atom stereocenters. The molecule has 0 radical (unpaired) electrons. The van der Waals surface area contributed by atoms with Crippen molar-refractivity contribution in [2.45, 2.75) is 24.6 Å². The highest BCUT2D eigenvalue weighted by Gasteiger charge is 2.59. The van der Waals surface area contributed by atoms with E-state index in [2.05, 4.69) is 29.8 Å². The van der Waals surface area contributed by atoms with Crippen LogP contribution in [-0.4, -0.2) is 10.6 Å². The van der Waals surface area contributed by atoms with E-state index in [-0.39, 0.29) is 9.74 Å². The highest BCUT2D eigenvalue weighted by Crippen LogP contribution is 2.60. The monoisotopic (exact) mass is 176 g/mol. The molecule has 0 aliphatic heterocycles. The van der Waals surface area contributed by atoms with Crippen LogP contribution in [0.5, 0.6) is 0 Å². The quantitative estimate of drug-likeness (QED) is 0.440. The molecule has 0 spiro atoms. The lowest BCUT2D eigenvalue weighted by molar-refractivity contribution is -0.108. The highest BCUT2D eigenvalue weighted by atomic mass is 79.9. The van der Waals surface area contributed by atoms with Crippen LogP contribution in [0.2, 0.25) is 0 Å². The van der Waals surface area contributed by atoms with Crippen LogP contribution in [-0.2, 0) is 4.79 Å². The van der Waals surface area contributed by atoms with Crippen LogP contribution < -0.4 is 0 Å². The van der Waals surface area contributed by atoms with E-state index in [0.717, 1.165) is 12.7 Å². The molecule has 1 aliphatic carbocycles. The normalized spacial score (nSPS) is 41.4. The summed E-state index contributed by atoms with van der Waals surface area (Å²) >= 11 is 3.34. The van der Waals surface area contributed by atoms with E-state index in [4.69, 9.17) is 0 Å². The molecule has 0 aromatic rings. The first-order valence-corrected chi connectivity index (χ1v) is 3.46. The van der Waals surface area contributed by atoms with Crippen molar-refractivity contribution in [2.75, 3.05) is 0 Å². The molecule has 1 nitrogen and oxygen atoms in total. The Hall–Kier alpha value is 0.150. The molecule has 46 valence electrons. The number of aldehydes is 1. The second-order valence-corrected chi connectivity index (χ2v) is 4.46. The van der Waals surface area contributed by atoms with Gasteiger partial charge in [0.2, 0.25) is 0 Å². The molecular formula is C6H9BrO. The van der Waals surface area contributed by atoms with Gasteiger partial charge < -0.3 is 4.79 Å². The summed E-state index contributed by atoms with van der Waals surface area (Å²) in [5, 5.41) is 0. The number of alkyl halides is 1. The standard InChI is InChI=1S/C6H9BrO/c1-5(2)3-6(5,7)4-8/h4H,3H2,1-2H3. The summed E-state index contributed by atoms with van der Waals surface area (Å²) in [5.41, 5.74) is 0.203. The van der Waals surface area contributed by atoms with Gasteiger partial charge in [0.1, 0.15) is 6.29 Å². The predicted molar refractivity (Wildman–Crippen MR) is 36.1 cm³/mol. The van der Waals surface area contributed by atoms with Crippen LogP contribution in [0.15, 0.2) is 0 Å². The largest absolute Gasteiger partial charge is 0.302 e. The summed E-state index contributed by atoms with van der Waals surface area (Å²) in [5.74, 6) is 0. The summed E-state index contributed by atoms with van der Waals surface area (Å²) in [6.45, 7) is 4.16. The Kier molecular flexibility index (Phi) is 1.06.